The summed E-state index contributed by atoms with van der Waals surface area (Å²) < 4.78 is 9.15. The lowest BCUT2D eigenvalue weighted by atomic mass is 9.77. The summed E-state index contributed by atoms with van der Waals surface area (Å²) >= 11 is 0. The highest BCUT2D eigenvalue weighted by Gasteiger charge is 2.24. The molecule has 0 aromatic carbocycles. The van der Waals surface area contributed by atoms with Gasteiger partial charge in [-0.15, -0.1) is 0 Å². The number of hydrogen-bond donors (Lipinski definition) is 2. The Morgan fingerprint density at radius 2 is 1.00 bits per heavy atom. The molecule has 27 heavy (non-hydrogen) atoms. The molecule has 0 saturated heterocycles. The maximum Gasteiger partial charge on any atom is 0.332 e. The molecule has 0 amide bonds. The molecule has 0 atom stereocenters. The number of aliphatic hydroxyl groups excluding tert-OH is 2. The number of esters is 2. The molecule has 0 aromatic rings. The summed E-state index contributed by atoms with van der Waals surface area (Å²) in [5.74, 6) is -1.21. The Morgan fingerprint density at radius 3 is 1.33 bits per heavy atom. The Hall–Kier alpha value is -1.66. The molecule has 2 N–H and O–H groups in total. The molecule has 0 aliphatic heterocycles. The average molecular weight is 382 g/mol. The molecule has 1 aliphatic carbocycles. The van der Waals surface area contributed by atoms with Gasteiger partial charge in [0.15, 0.2) is 13.6 Å². The number of carbonyl (C=O) groups excluding carboxylic acids is 2. The fraction of sp³-hybridized carbons (Fsp3) is 0.714. The molecule has 0 heterocycles. The van der Waals surface area contributed by atoms with Crippen LogP contribution in [0, 0.1) is 5.41 Å². The van der Waals surface area contributed by atoms with Crippen LogP contribution in [0.15, 0.2) is 24.3 Å². The van der Waals surface area contributed by atoms with E-state index < -0.39 is 30.9 Å². The van der Waals surface area contributed by atoms with Crippen molar-refractivity contribution in [1.82, 2.24) is 0 Å². The van der Waals surface area contributed by atoms with Gasteiger partial charge in [0, 0.05) is 17.6 Å². The van der Waals surface area contributed by atoms with Crippen molar-refractivity contribution < 1.29 is 29.3 Å². The Morgan fingerprint density at radius 1 is 0.667 bits per heavy atom. The van der Waals surface area contributed by atoms with Crippen LogP contribution in [0.3, 0.4) is 0 Å². The first-order valence-electron chi connectivity index (χ1n) is 10.1. The van der Waals surface area contributed by atoms with Gasteiger partial charge in [-0.25, -0.2) is 9.59 Å². The molecule has 0 radical (unpaired) electrons. The number of carbonyl (C=O) groups is 2. The summed E-state index contributed by atoms with van der Waals surface area (Å²) in [7, 11) is 0. The van der Waals surface area contributed by atoms with Gasteiger partial charge in [0.05, 0.1) is 0 Å². The van der Waals surface area contributed by atoms with Crippen LogP contribution in [-0.4, -0.2) is 35.7 Å². The van der Waals surface area contributed by atoms with Crippen molar-refractivity contribution >= 4 is 11.9 Å². The largest absolute Gasteiger partial charge is 0.436 e. The van der Waals surface area contributed by atoms with Gasteiger partial charge >= 0.3 is 11.9 Å². The highest BCUT2D eigenvalue weighted by Crippen LogP contribution is 2.36. The lowest BCUT2D eigenvalue weighted by Gasteiger charge is -2.28. The van der Waals surface area contributed by atoms with Crippen molar-refractivity contribution in [2.45, 2.75) is 77.0 Å². The highest BCUT2D eigenvalue weighted by molar-refractivity contribution is 5.83. The van der Waals surface area contributed by atoms with Gasteiger partial charge in [0.1, 0.15) is 0 Å². The third-order valence-corrected chi connectivity index (χ3v) is 5.05. The van der Waals surface area contributed by atoms with E-state index in [-0.39, 0.29) is 0 Å². The molecule has 6 heteroatoms. The number of ether oxygens (including phenoxy) is 2. The van der Waals surface area contributed by atoms with Crippen molar-refractivity contribution in [3.8, 4) is 0 Å². The zero-order chi connectivity index (χ0) is 19.8. The monoisotopic (exact) mass is 382 g/mol. The molecule has 0 bridgehead atoms. The van der Waals surface area contributed by atoms with Gasteiger partial charge in [0.2, 0.25) is 0 Å². The zero-order valence-corrected chi connectivity index (χ0v) is 16.2. The molecule has 1 aliphatic rings. The van der Waals surface area contributed by atoms with E-state index in [1.54, 1.807) is 12.2 Å². The van der Waals surface area contributed by atoms with Crippen LogP contribution < -0.4 is 0 Å². The smallest absolute Gasteiger partial charge is 0.332 e. The third-order valence-electron chi connectivity index (χ3n) is 5.05. The summed E-state index contributed by atoms with van der Waals surface area (Å²) in [5, 5.41) is 17.5. The normalized spacial score (nSPS) is 19.8. The quantitative estimate of drug-likeness (QED) is 0.413. The first-order chi connectivity index (χ1) is 13.1. The summed E-state index contributed by atoms with van der Waals surface area (Å²) in [6.45, 7) is -1.32. The van der Waals surface area contributed by atoms with Gasteiger partial charge in [-0.3, -0.25) is 0 Å². The first-order valence-corrected chi connectivity index (χ1v) is 10.1. The zero-order valence-electron chi connectivity index (χ0n) is 16.2. The third kappa shape index (κ3) is 10.9. The molecule has 154 valence electrons. The number of hydrogen-bond acceptors (Lipinski definition) is 6. The Labute approximate surface area is 162 Å². The van der Waals surface area contributed by atoms with Crippen molar-refractivity contribution in [3.05, 3.63) is 24.3 Å². The molecule has 1 saturated carbocycles. The van der Waals surface area contributed by atoms with E-state index in [1.807, 2.05) is 0 Å². The molecule has 0 aromatic heterocycles. The van der Waals surface area contributed by atoms with E-state index in [1.165, 1.54) is 50.7 Å². The van der Waals surface area contributed by atoms with Gasteiger partial charge in [-0.2, -0.15) is 0 Å². The molecular formula is C21H34O6. The Balaban J connectivity index is 2.94. The fourth-order valence-corrected chi connectivity index (χ4v) is 3.53. The highest BCUT2D eigenvalue weighted by atomic mass is 16.6. The summed E-state index contributed by atoms with van der Waals surface area (Å²) in [6, 6.07) is 0. The Kier molecular flexibility index (Phi) is 12.5. The predicted octanol–water partition coefficient (Wildman–Crippen LogP) is 3.77. The minimum absolute atomic E-state index is 0.447. The molecule has 0 spiro atoms. The van der Waals surface area contributed by atoms with Crippen LogP contribution >= 0.6 is 0 Å². The maximum absolute atomic E-state index is 11.7. The topological polar surface area (TPSA) is 93.1 Å². The van der Waals surface area contributed by atoms with E-state index in [2.05, 4.69) is 9.47 Å². The molecule has 1 fully saturated rings. The Bertz CT molecular complexity index is 439. The van der Waals surface area contributed by atoms with Crippen LogP contribution in [0.5, 0.6) is 0 Å². The molecule has 0 unspecified atom stereocenters. The fourth-order valence-electron chi connectivity index (χ4n) is 3.53. The molecule has 6 nitrogen and oxygen atoms in total. The van der Waals surface area contributed by atoms with Crippen molar-refractivity contribution in [2.75, 3.05) is 13.6 Å². The van der Waals surface area contributed by atoms with Crippen LogP contribution in [0.1, 0.15) is 77.0 Å². The van der Waals surface area contributed by atoms with Crippen LogP contribution in [0.4, 0.5) is 0 Å². The lowest BCUT2D eigenvalue weighted by molar-refractivity contribution is -0.146. The SMILES string of the molecule is O=C(C=CC1(C=CC(=O)OCO)CCCCCCCCCCCC1)OCO. The standard InChI is InChI=1S/C21H34O6/c22-17-26-19(24)11-15-21(16-12-20(25)27-18-23)13-9-7-5-3-1-2-4-6-8-10-14-21/h11-12,15-16,22-23H,1-10,13-14,17-18H2. The second-order valence-electron chi connectivity index (χ2n) is 7.12. The minimum atomic E-state index is -0.658. The van der Waals surface area contributed by atoms with Crippen LogP contribution in [-0.2, 0) is 19.1 Å². The van der Waals surface area contributed by atoms with E-state index in [9.17, 15) is 9.59 Å². The maximum atomic E-state index is 11.7. The average Bonchev–Trinajstić information content (AvgIpc) is 2.67. The number of aliphatic hydroxyl groups is 2. The van der Waals surface area contributed by atoms with Gasteiger partial charge in [-0.05, 0) is 12.8 Å². The summed E-state index contributed by atoms with van der Waals surface area (Å²) in [6.07, 6.45) is 19.6. The van der Waals surface area contributed by atoms with Crippen molar-refractivity contribution in [3.63, 3.8) is 0 Å². The summed E-state index contributed by atoms with van der Waals surface area (Å²) in [4.78, 5) is 23.3. The van der Waals surface area contributed by atoms with Gasteiger partial charge in [0.25, 0.3) is 0 Å². The van der Waals surface area contributed by atoms with Crippen molar-refractivity contribution in [1.29, 1.82) is 0 Å². The molecule has 1 rings (SSSR count). The van der Waals surface area contributed by atoms with E-state index in [0.29, 0.717) is 0 Å². The second kappa shape index (κ2) is 14.4. The summed E-state index contributed by atoms with van der Waals surface area (Å²) in [5.41, 5.74) is -0.447. The minimum Gasteiger partial charge on any atom is -0.436 e. The van der Waals surface area contributed by atoms with Crippen LogP contribution in [0.2, 0.25) is 0 Å². The number of rotatable bonds is 6. The van der Waals surface area contributed by atoms with Crippen LogP contribution in [0.25, 0.3) is 0 Å². The molecular weight excluding hydrogens is 348 g/mol. The van der Waals surface area contributed by atoms with Gasteiger partial charge in [-0.1, -0.05) is 76.4 Å². The number of allylic oxidation sites excluding steroid dienone is 2. The second-order valence-corrected chi connectivity index (χ2v) is 7.12. The van der Waals surface area contributed by atoms with E-state index in [0.717, 1.165) is 38.5 Å². The van der Waals surface area contributed by atoms with E-state index >= 15 is 0 Å². The van der Waals surface area contributed by atoms with Gasteiger partial charge < -0.3 is 19.7 Å². The lowest BCUT2D eigenvalue weighted by Crippen LogP contribution is -2.17. The first kappa shape index (κ1) is 23.4. The van der Waals surface area contributed by atoms with Crippen molar-refractivity contribution in [2.24, 2.45) is 5.41 Å². The predicted molar refractivity (Wildman–Crippen MR) is 102 cm³/mol. The van der Waals surface area contributed by atoms with E-state index in [4.69, 9.17) is 10.2 Å².